The Morgan fingerprint density at radius 2 is 1.65 bits per heavy atom. The summed E-state index contributed by atoms with van der Waals surface area (Å²) in [6, 6.07) is 10.6. The van der Waals surface area contributed by atoms with E-state index in [1.54, 1.807) is 24.3 Å². The molecule has 0 spiro atoms. The first kappa shape index (κ1) is 14.2. The minimum absolute atomic E-state index is 0.0141. The molecule has 0 heterocycles. The standard InChI is InChI=1S/C16H14F2O2/c17-14-7-4-11(5-8-14)12-6-9-15(18)13(10-12)2-1-3-16(19)20/h4-10H,1-3H2,(H,19,20). The number of carbonyl (C=O) groups is 1. The van der Waals surface area contributed by atoms with Gasteiger partial charge in [0, 0.05) is 6.42 Å². The summed E-state index contributed by atoms with van der Waals surface area (Å²) in [7, 11) is 0. The third-order valence-corrected chi connectivity index (χ3v) is 3.06. The molecule has 0 aromatic heterocycles. The summed E-state index contributed by atoms with van der Waals surface area (Å²) in [5.41, 5.74) is 2.07. The maximum absolute atomic E-state index is 13.7. The fraction of sp³-hybridized carbons (Fsp3) is 0.188. The van der Waals surface area contributed by atoms with Crippen LogP contribution in [0.2, 0.25) is 0 Å². The Labute approximate surface area is 115 Å². The Morgan fingerprint density at radius 3 is 2.30 bits per heavy atom. The van der Waals surface area contributed by atoms with Crippen molar-refractivity contribution in [2.75, 3.05) is 0 Å². The molecule has 2 aromatic rings. The smallest absolute Gasteiger partial charge is 0.303 e. The normalized spacial score (nSPS) is 10.5. The van der Waals surface area contributed by atoms with Crippen LogP contribution >= 0.6 is 0 Å². The van der Waals surface area contributed by atoms with Gasteiger partial charge in [-0.05, 0) is 53.8 Å². The van der Waals surface area contributed by atoms with Gasteiger partial charge >= 0.3 is 5.97 Å². The minimum atomic E-state index is -0.889. The lowest BCUT2D eigenvalue weighted by Crippen LogP contribution is -1.98. The Kier molecular flexibility index (Phi) is 4.45. The van der Waals surface area contributed by atoms with Gasteiger partial charge in [-0.3, -0.25) is 4.79 Å². The van der Waals surface area contributed by atoms with Gasteiger partial charge in [0.05, 0.1) is 0 Å². The van der Waals surface area contributed by atoms with E-state index in [1.165, 1.54) is 18.2 Å². The van der Waals surface area contributed by atoms with Gasteiger partial charge in [-0.1, -0.05) is 18.2 Å². The molecule has 0 unspecified atom stereocenters. The quantitative estimate of drug-likeness (QED) is 0.894. The Bertz CT molecular complexity index is 606. The van der Waals surface area contributed by atoms with E-state index in [1.807, 2.05) is 0 Å². The number of halogens is 2. The zero-order chi connectivity index (χ0) is 14.5. The molecule has 20 heavy (non-hydrogen) atoms. The molecule has 0 bridgehead atoms. The molecule has 0 saturated heterocycles. The molecule has 0 saturated carbocycles. The molecular weight excluding hydrogens is 262 g/mol. The second-order valence-corrected chi connectivity index (χ2v) is 4.56. The van der Waals surface area contributed by atoms with Crippen LogP contribution in [0, 0.1) is 11.6 Å². The largest absolute Gasteiger partial charge is 0.481 e. The predicted molar refractivity (Wildman–Crippen MR) is 72.4 cm³/mol. The lowest BCUT2D eigenvalue weighted by Gasteiger charge is -2.07. The van der Waals surface area contributed by atoms with Crippen molar-refractivity contribution in [1.29, 1.82) is 0 Å². The van der Waals surface area contributed by atoms with E-state index in [9.17, 15) is 13.6 Å². The molecule has 0 atom stereocenters. The van der Waals surface area contributed by atoms with E-state index < -0.39 is 5.97 Å². The molecule has 104 valence electrons. The van der Waals surface area contributed by atoms with Gasteiger partial charge in [0.15, 0.2) is 0 Å². The van der Waals surface area contributed by atoms with Crippen LogP contribution in [0.5, 0.6) is 0 Å². The maximum atomic E-state index is 13.7. The average Bonchev–Trinajstić information content (AvgIpc) is 2.41. The number of hydrogen-bond acceptors (Lipinski definition) is 1. The lowest BCUT2D eigenvalue weighted by atomic mass is 10.00. The summed E-state index contributed by atoms with van der Waals surface area (Å²) in [6.45, 7) is 0. The van der Waals surface area contributed by atoms with Crippen molar-refractivity contribution in [3.63, 3.8) is 0 Å². The zero-order valence-corrected chi connectivity index (χ0v) is 10.8. The lowest BCUT2D eigenvalue weighted by molar-refractivity contribution is -0.137. The predicted octanol–water partition coefficient (Wildman–Crippen LogP) is 4.04. The molecule has 2 aromatic carbocycles. The first-order valence-corrected chi connectivity index (χ1v) is 6.32. The van der Waals surface area contributed by atoms with Crippen molar-refractivity contribution in [1.82, 2.24) is 0 Å². The minimum Gasteiger partial charge on any atom is -0.481 e. The van der Waals surface area contributed by atoms with Gasteiger partial charge in [0.1, 0.15) is 11.6 Å². The van der Waals surface area contributed by atoms with Crippen LogP contribution in [-0.2, 0) is 11.2 Å². The molecule has 0 fully saturated rings. The molecule has 1 N–H and O–H groups in total. The molecule has 0 aliphatic heterocycles. The third kappa shape index (κ3) is 3.63. The van der Waals surface area contributed by atoms with Crippen molar-refractivity contribution < 1.29 is 18.7 Å². The molecule has 2 nitrogen and oxygen atoms in total. The van der Waals surface area contributed by atoms with Crippen LogP contribution in [0.1, 0.15) is 18.4 Å². The zero-order valence-electron chi connectivity index (χ0n) is 10.8. The molecule has 0 aliphatic carbocycles. The van der Waals surface area contributed by atoms with Crippen LogP contribution < -0.4 is 0 Å². The number of hydrogen-bond donors (Lipinski definition) is 1. The van der Waals surface area contributed by atoms with E-state index in [-0.39, 0.29) is 18.1 Å². The fourth-order valence-corrected chi connectivity index (χ4v) is 2.02. The summed E-state index contributed by atoms with van der Waals surface area (Å²) < 4.78 is 26.5. The van der Waals surface area contributed by atoms with E-state index in [0.29, 0.717) is 18.4 Å². The van der Waals surface area contributed by atoms with Crippen molar-refractivity contribution >= 4 is 5.97 Å². The number of aliphatic carboxylic acids is 1. The summed E-state index contributed by atoms with van der Waals surface area (Å²) in [4.78, 5) is 10.5. The van der Waals surface area contributed by atoms with Gasteiger partial charge in [-0.2, -0.15) is 0 Å². The van der Waals surface area contributed by atoms with Crippen molar-refractivity contribution in [2.45, 2.75) is 19.3 Å². The van der Waals surface area contributed by atoms with E-state index >= 15 is 0 Å². The van der Waals surface area contributed by atoms with Gasteiger partial charge in [-0.25, -0.2) is 8.78 Å². The molecule has 0 amide bonds. The van der Waals surface area contributed by atoms with E-state index in [2.05, 4.69) is 0 Å². The van der Waals surface area contributed by atoms with Gasteiger partial charge in [0.25, 0.3) is 0 Å². The van der Waals surface area contributed by atoms with Crippen LogP contribution in [0.15, 0.2) is 42.5 Å². The summed E-state index contributed by atoms with van der Waals surface area (Å²) in [6.07, 6.45) is 0.770. The first-order valence-electron chi connectivity index (χ1n) is 6.32. The topological polar surface area (TPSA) is 37.3 Å². The SMILES string of the molecule is O=C(O)CCCc1cc(-c2ccc(F)cc2)ccc1F. The van der Waals surface area contributed by atoms with Crippen molar-refractivity contribution in [3.8, 4) is 11.1 Å². The average molecular weight is 276 g/mol. The Morgan fingerprint density at radius 1 is 1.00 bits per heavy atom. The molecule has 4 heteroatoms. The van der Waals surface area contributed by atoms with E-state index in [0.717, 1.165) is 11.1 Å². The van der Waals surface area contributed by atoms with Crippen LogP contribution in [0.25, 0.3) is 11.1 Å². The molecule has 2 rings (SSSR count). The van der Waals surface area contributed by atoms with Gasteiger partial charge in [-0.15, -0.1) is 0 Å². The third-order valence-electron chi connectivity index (χ3n) is 3.06. The summed E-state index contributed by atoms with van der Waals surface area (Å²) in [5.74, 6) is -1.56. The number of carboxylic acids is 1. The highest BCUT2D eigenvalue weighted by molar-refractivity contribution is 5.67. The maximum Gasteiger partial charge on any atom is 0.303 e. The van der Waals surface area contributed by atoms with Gasteiger partial charge in [0.2, 0.25) is 0 Å². The van der Waals surface area contributed by atoms with E-state index in [4.69, 9.17) is 5.11 Å². The molecule has 0 aliphatic rings. The highest BCUT2D eigenvalue weighted by Gasteiger charge is 2.07. The van der Waals surface area contributed by atoms with Gasteiger partial charge < -0.3 is 5.11 Å². The van der Waals surface area contributed by atoms with Crippen LogP contribution in [-0.4, -0.2) is 11.1 Å². The summed E-state index contributed by atoms with van der Waals surface area (Å²) >= 11 is 0. The fourth-order valence-electron chi connectivity index (χ4n) is 2.02. The monoisotopic (exact) mass is 276 g/mol. The highest BCUT2D eigenvalue weighted by atomic mass is 19.1. The Balaban J connectivity index is 2.19. The second-order valence-electron chi connectivity index (χ2n) is 4.56. The van der Waals surface area contributed by atoms with Crippen LogP contribution in [0.4, 0.5) is 8.78 Å². The van der Waals surface area contributed by atoms with Crippen LogP contribution in [0.3, 0.4) is 0 Å². The number of carboxylic acid groups (broad SMARTS) is 1. The number of benzene rings is 2. The Hall–Kier alpha value is -2.23. The highest BCUT2D eigenvalue weighted by Crippen LogP contribution is 2.23. The number of rotatable bonds is 5. The number of aryl methyl sites for hydroxylation is 1. The van der Waals surface area contributed by atoms with Crippen molar-refractivity contribution in [3.05, 3.63) is 59.7 Å². The summed E-state index contributed by atoms with van der Waals surface area (Å²) in [5, 5.41) is 8.59. The molecular formula is C16H14F2O2. The molecule has 0 radical (unpaired) electrons. The second kappa shape index (κ2) is 6.28. The van der Waals surface area contributed by atoms with Crippen molar-refractivity contribution in [2.24, 2.45) is 0 Å². The first-order chi connectivity index (χ1) is 9.56.